The molecule has 0 saturated heterocycles. The Labute approximate surface area is 225 Å². The Bertz CT molecular complexity index is 1470. The second kappa shape index (κ2) is 11.0. The van der Waals surface area contributed by atoms with Crippen molar-refractivity contribution in [1.82, 2.24) is 0 Å². The van der Waals surface area contributed by atoms with E-state index in [1.165, 1.54) is 49.8 Å². The molecule has 174 valence electrons. The molecule has 5 rings (SSSR count). The Morgan fingerprint density at radius 2 is 1.34 bits per heavy atom. The topological polar surface area (TPSA) is 3.88 Å². The van der Waals surface area contributed by atoms with Crippen molar-refractivity contribution in [2.45, 2.75) is 19.8 Å². The van der Waals surface area contributed by atoms with Crippen molar-refractivity contribution in [3.8, 4) is 22.4 Å². The van der Waals surface area contributed by atoms with Crippen LogP contribution in [-0.4, -0.2) is 0 Å². The van der Waals surface area contributed by atoms with Gasteiger partial charge < -0.3 is 24.0 Å². The maximum absolute atomic E-state index is 2.31. The molecule has 0 aliphatic carbocycles. The average Bonchev–Trinajstić information content (AvgIpc) is 2.88. The highest BCUT2D eigenvalue weighted by Crippen LogP contribution is 2.29. The number of pyridine rings is 1. The normalized spacial score (nSPS) is 11.2. The minimum Gasteiger partial charge on any atom is -1.00 e. The zero-order chi connectivity index (χ0) is 23.5. The van der Waals surface area contributed by atoms with E-state index in [9.17, 15) is 0 Å². The summed E-state index contributed by atoms with van der Waals surface area (Å²) in [5.74, 6) is 0.543. The van der Waals surface area contributed by atoms with E-state index in [0.29, 0.717) is 5.92 Å². The van der Waals surface area contributed by atoms with Gasteiger partial charge in [-0.05, 0) is 51.1 Å². The number of rotatable bonds is 5. The molecule has 0 atom stereocenters. The third-order valence-corrected chi connectivity index (χ3v) is 6.49. The van der Waals surface area contributed by atoms with Gasteiger partial charge in [-0.3, -0.25) is 0 Å². The molecule has 2 heteroatoms. The van der Waals surface area contributed by atoms with E-state index in [0.717, 1.165) is 0 Å². The summed E-state index contributed by atoms with van der Waals surface area (Å²) < 4.78 is 2.24. The molecule has 4 aromatic carbocycles. The van der Waals surface area contributed by atoms with Crippen LogP contribution < -0.4 is 28.5 Å². The van der Waals surface area contributed by atoms with E-state index in [1.807, 2.05) is 0 Å². The predicted molar refractivity (Wildman–Crippen MR) is 145 cm³/mol. The Morgan fingerprint density at radius 3 is 2.06 bits per heavy atom. The van der Waals surface area contributed by atoms with Crippen LogP contribution in [0.2, 0.25) is 0 Å². The zero-order valence-corrected chi connectivity index (χ0v) is 22.6. The van der Waals surface area contributed by atoms with Gasteiger partial charge in [0, 0.05) is 11.6 Å². The van der Waals surface area contributed by atoms with Crippen molar-refractivity contribution in [2.75, 3.05) is 0 Å². The summed E-state index contributed by atoms with van der Waals surface area (Å²) in [5.41, 5.74) is 8.65. The lowest BCUT2D eigenvalue weighted by molar-refractivity contribution is -0.659. The third-order valence-electron chi connectivity index (χ3n) is 6.49. The first-order valence-corrected chi connectivity index (χ1v) is 11.9. The van der Waals surface area contributed by atoms with Crippen LogP contribution in [0.15, 0.2) is 109 Å². The molecule has 1 heterocycles. The predicted octanol–water partition coefficient (Wildman–Crippen LogP) is 5.30. The second-order valence-electron chi connectivity index (χ2n) is 9.22. The second-order valence-corrected chi connectivity index (χ2v) is 9.22. The summed E-state index contributed by atoms with van der Waals surface area (Å²) in [6, 6.07) is 37.1. The number of fused-ring (bicyclic) bond motifs is 1. The van der Waals surface area contributed by atoms with E-state index < -0.39 is 0 Å². The summed E-state index contributed by atoms with van der Waals surface area (Å²) in [4.78, 5) is 0. The Kier molecular flexibility index (Phi) is 7.82. The van der Waals surface area contributed by atoms with Crippen molar-refractivity contribution in [2.24, 2.45) is 7.05 Å². The molecule has 0 radical (unpaired) electrons. The lowest BCUT2D eigenvalue weighted by Gasteiger charge is -2.10. The summed E-state index contributed by atoms with van der Waals surface area (Å²) in [7, 11) is 2.13. The summed E-state index contributed by atoms with van der Waals surface area (Å²) in [6.07, 6.45) is 6.72. The van der Waals surface area contributed by atoms with Gasteiger partial charge in [0.05, 0.1) is 5.56 Å². The molecule has 0 aliphatic heterocycles. The number of hydrogen-bond donors (Lipinski definition) is 0. The summed E-state index contributed by atoms with van der Waals surface area (Å²) >= 11 is 0. The number of nitrogens with zero attached hydrogens (tertiary/aromatic N) is 1. The van der Waals surface area contributed by atoms with Gasteiger partial charge >= 0.3 is 0 Å². The van der Waals surface area contributed by atoms with Crippen LogP contribution in [0.3, 0.4) is 0 Å². The number of aromatic nitrogens is 1. The van der Waals surface area contributed by atoms with Crippen LogP contribution in [0, 0.1) is 0 Å². The van der Waals surface area contributed by atoms with Crippen molar-refractivity contribution in [1.29, 1.82) is 0 Å². The first-order chi connectivity index (χ1) is 16.6. The van der Waals surface area contributed by atoms with Gasteiger partial charge in [0.2, 0.25) is 5.69 Å². The van der Waals surface area contributed by atoms with Gasteiger partial charge in [-0.15, -0.1) is 0 Å². The van der Waals surface area contributed by atoms with E-state index in [2.05, 4.69) is 147 Å². The molecular weight excluding hydrogens is 537 g/mol. The molecule has 5 aromatic rings. The van der Waals surface area contributed by atoms with Crippen molar-refractivity contribution >= 4 is 22.9 Å². The van der Waals surface area contributed by atoms with Gasteiger partial charge in [0.15, 0.2) is 6.20 Å². The minimum absolute atomic E-state index is 0. The van der Waals surface area contributed by atoms with Crippen LogP contribution in [0.4, 0.5) is 0 Å². The minimum atomic E-state index is 0. The molecule has 0 bridgehead atoms. The molecule has 1 nitrogen and oxygen atoms in total. The van der Waals surface area contributed by atoms with E-state index in [4.69, 9.17) is 0 Å². The highest BCUT2D eigenvalue weighted by Gasteiger charge is 2.16. The molecule has 0 saturated carbocycles. The van der Waals surface area contributed by atoms with Gasteiger partial charge in [-0.1, -0.05) is 111 Å². The van der Waals surface area contributed by atoms with Gasteiger partial charge in [0.1, 0.15) is 7.05 Å². The van der Waals surface area contributed by atoms with E-state index in [1.54, 1.807) is 0 Å². The summed E-state index contributed by atoms with van der Waals surface area (Å²) in [6.45, 7) is 4.46. The molecule has 0 aliphatic rings. The lowest BCUT2D eigenvalue weighted by atomic mass is 9.97. The molecule has 0 unspecified atom stereocenters. The molecule has 0 fully saturated rings. The standard InChI is InChI=1S/C33H30N.HI/c1-24(2)26-16-13-25(14-17-26)15-18-30-22-33(31-20-19-27-9-7-8-12-29(27)21-31)34(3)23-32(30)28-10-5-4-6-11-28;/h4-24H,1-3H3;1H/q+1;/p-1/b18-15+;. The fourth-order valence-electron chi connectivity index (χ4n) is 4.48. The Morgan fingerprint density at radius 1 is 0.657 bits per heavy atom. The Balaban J connectivity index is 0.00000289. The fourth-order valence-corrected chi connectivity index (χ4v) is 4.48. The first kappa shape index (κ1) is 24.9. The fraction of sp³-hybridized carbons (Fsp3) is 0.121. The quantitative estimate of drug-likeness (QED) is 0.201. The first-order valence-electron chi connectivity index (χ1n) is 11.9. The Hall–Kier alpha value is -3.24. The molecule has 0 amide bonds. The van der Waals surface area contributed by atoms with E-state index >= 15 is 0 Å². The van der Waals surface area contributed by atoms with Crippen molar-refractivity contribution in [3.63, 3.8) is 0 Å². The lowest BCUT2D eigenvalue weighted by Crippen LogP contribution is -3.00. The van der Waals surface area contributed by atoms with Gasteiger partial charge in [0.25, 0.3) is 0 Å². The molecule has 0 spiro atoms. The highest BCUT2D eigenvalue weighted by molar-refractivity contribution is 5.87. The average molecular weight is 568 g/mol. The molecule has 35 heavy (non-hydrogen) atoms. The number of aryl methyl sites for hydroxylation is 1. The van der Waals surface area contributed by atoms with E-state index in [-0.39, 0.29) is 24.0 Å². The maximum atomic E-state index is 2.31. The zero-order valence-electron chi connectivity index (χ0n) is 20.4. The molecule has 0 N–H and O–H groups in total. The summed E-state index contributed by atoms with van der Waals surface area (Å²) in [5, 5.41) is 2.52. The van der Waals surface area contributed by atoms with Crippen molar-refractivity contribution in [3.05, 3.63) is 126 Å². The number of hydrogen-bond acceptors (Lipinski definition) is 0. The monoisotopic (exact) mass is 567 g/mol. The van der Waals surface area contributed by atoms with Crippen LogP contribution in [0.1, 0.15) is 36.5 Å². The largest absolute Gasteiger partial charge is 1.00 e. The molecular formula is C33H30IN. The van der Waals surface area contributed by atoms with Crippen LogP contribution >= 0.6 is 0 Å². The number of halogens is 1. The van der Waals surface area contributed by atoms with Crippen LogP contribution in [0.5, 0.6) is 0 Å². The van der Waals surface area contributed by atoms with Gasteiger partial charge in [-0.25, -0.2) is 4.57 Å². The van der Waals surface area contributed by atoms with Gasteiger partial charge in [-0.2, -0.15) is 0 Å². The highest BCUT2D eigenvalue weighted by atomic mass is 127. The third kappa shape index (κ3) is 5.54. The van der Waals surface area contributed by atoms with Crippen LogP contribution in [0.25, 0.3) is 45.3 Å². The van der Waals surface area contributed by atoms with Crippen molar-refractivity contribution < 1.29 is 28.5 Å². The van der Waals surface area contributed by atoms with Crippen LogP contribution in [-0.2, 0) is 7.05 Å². The number of benzene rings is 4. The smallest absolute Gasteiger partial charge is 0.212 e. The molecule has 1 aromatic heterocycles. The maximum Gasteiger partial charge on any atom is 0.212 e. The SMILES string of the molecule is CC(C)c1ccc(/C=C/c2cc(-c3ccc4ccccc4c3)[n+](C)cc2-c2ccccc2)cc1.[I-].